The Morgan fingerprint density at radius 2 is 1.76 bits per heavy atom. The Kier molecular flexibility index (Phi) is 8.65. The van der Waals surface area contributed by atoms with Crippen LogP contribution in [0.2, 0.25) is 0 Å². The van der Waals surface area contributed by atoms with E-state index in [1.807, 2.05) is 29.7 Å². The van der Waals surface area contributed by atoms with Gasteiger partial charge in [0.1, 0.15) is 11.3 Å². The third-order valence-electron chi connectivity index (χ3n) is 5.98. The highest BCUT2D eigenvalue weighted by atomic mass is 32.2. The Morgan fingerprint density at radius 1 is 1.05 bits per heavy atom. The molecule has 1 fully saturated rings. The summed E-state index contributed by atoms with van der Waals surface area (Å²) in [5, 5.41) is 0. The average molecular weight is 559 g/mol. The van der Waals surface area contributed by atoms with Crippen molar-refractivity contribution in [2.45, 2.75) is 25.3 Å². The van der Waals surface area contributed by atoms with E-state index in [1.54, 1.807) is 13.0 Å². The number of para-hydroxylation sites is 1. The zero-order chi connectivity index (χ0) is 27.3. The van der Waals surface area contributed by atoms with Gasteiger partial charge < -0.3 is 18.9 Å². The lowest BCUT2D eigenvalue weighted by molar-refractivity contribution is 0.0933. The number of aromatic nitrogens is 1. The number of thiazole rings is 1. The van der Waals surface area contributed by atoms with Crippen LogP contribution in [0.4, 0.5) is 4.79 Å². The first kappa shape index (κ1) is 27.6. The fraction of sp³-hybridized carbons (Fsp3) is 0.346. The molecule has 0 N–H and O–H groups in total. The van der Waals surface area contributed by atoms with Crippen molar-refractivity contribution in [1.82, 2.24) is 13.8 Å². The fourth-order valence-electron chi connectivity index (χ4n) is 4.15. The Balaban J connectivity index is 1.56. The number of ether oxygens (including phenoxy) is 2. The predicted octanol–water partition coefficient (Wildman–Crippen LogP) is 3.49. The topological polar surface area (TPSA) is 111 Å². The van der Waals surface area contributed by atoms with E-state index in [1.165, 1.54) is 44.8 Å². The fourth-order valence-corrected chi connectivity index (χ4v) is 6.63. The standard InChI is InChI=1S/C26H30N4O6S2/c1-4-14-30-23-21(35-5-2)8-7-9-22(23)37-25(30)27-24(31)19-10-12-20(13-11-19)38(33,34)29-17-15-28(16-18-29)26(32)36-6-3/h4,7-13H,1,5-6,14-18H2,2-3H3. The summed E-state index contributed by atoms with van der Waals surface area (Å²) in [6.45, 7) is 9.48. The summed E-state index contributed by atoms with van der Waals surface area (Å²) in [5.41, 5.74) is 1.11. The van der Waals surface area contributed by atoms with E-state index >= 15 is 0 Å². The number of sulfonamides is 1. The van der Waals surface area contributed by atoms with Crippen molar-refractivity contribution < 1.29 is 27.5 Å². The number of piperazine rings is 1. The second kappa shape index (κ2) is 11.9. The number of nitrogens with zero attached hydrogens (tertiary/aromatic N) is 4. The second-order valence-corrected chi connectivity index (χ2v) is 11.3. The number of carbonyl (C=O) groups excluding carboxylic acids is 2. The second-order valence-electron chi connectivity index (χ2n) is 8.35. The zero-order valence-corrected chi connectivity index (χ0v) is 23.0. The third-order valence-corrected chi connectivity index (χ3v) is 8.93. The van der Waals surface area contributed by atoms with Gasteiger partial charge in [-0.3, -0.25) is 4.79 Å². The lowest BCUT2D eigenvalue weighted by Gasteiger charge is -2.33. The molecule has 2 heterocycles. The summed E-state index contributed by atoms with van der Waals surface area (Å²) < 4.78 is 41.1. The zero-order valence-electron chi connectivity index (χ0n) is 21.3. The van der Waals surface area contributed by atoms with Gasteiger partial charge in [-0.2, -0.15) is 9.30 Å². The summed E-state index contributed by atoms with van der Waals surface area (Å²) in [6, 6.07) is 11.5. The molecule has 38 heavy (non-hydrogen) atoms. The number of fused-ring (bicyclic) bond motifs is 1. The molecule has 1 aromatic heterocycles. The van der Waals surface area contributed by atoms with E-state index in [2.05, 4.69) is 11.6 Å². The quantitative estimate of drug-likeness (QED) is 0.392. The van der Waals surface area contributed by atoms with E-state index in [9.17, 15) is 18.0 Å². The number of hydrogen-bond donors (Lipinski definition) is 0. The lowest BCUT2D eigenvalue weighted by Crippen LogP contribution is -2.50. The van der Waals surface area contributed by atoms with Crippen molar-refractivity contribution in [2.24, 2.45) is 4.99 Å². The predicted molar refractivity (Wildman–Crippen MR) is 145 cm³/mol. The van der Waals surface area contributed by atoms with Crippen LogP contribution in [-0.4, -0.2) is 73.6 Å². The molecule has 2 aromatic carbocycles. The van der Waals surface area contributed by atoms with Gasteiger partial charge in [0.05, 0.1) is 22.8 Å². The maximum atomic E-state index is 13.1. The molecule has 0 atom stereocenters. The van der Waals surface area contributed by atoms with Crippen LogP contribution in [0.3, 0.4) is 0 Å². The Morgan fingerprint density at radius 3 is 2.39 bits per heavy atom. The molecule has 202 valence electrons. The molecule has 0 saturated carbocycles. The van der Waals surface area contributed by atoms with Crippen molar-refractivity contribution in [3.8, 4) is 5.75 Å². The van der Waals surface area contributed by atoms with Crippen LogP contribution in [0, 0.1) is 0 Å². The molecule has 2 amide bonds. The summed E-state index contributed by atoms with van der Waals surface area (Å²) in [6.07, 6.45) is 1.28. The van der Waals surface area contributed by atoms with Gasteiger partial charge in [0, 0.05) is 38.3 Å². The number of rotatable bonds is 8. The van der Waals surface area contributed by atoms with Gasteiger partial charge in [-0.15, -0.1) is 6.58 Å². The van der Waals surface area contributed by atoms with E-state index in [-0.39, 0.29) is 43.2 Å². The minimum atomic E-state index is -3.78. The molecule has 1 saturated heterocycles. The molecule has 10 nitrogen and oxygen atoms in total. The maximum Gasteiger partial charge on any atom is 0.409 e. The molecule has 0 radical (unpaired) electrons. The monoisotopic (exact) mass is 558 g/mol. The van der Waals surface area contributed by atoms with Crippen molar-refractivity contribution in [3.63, 3.8) is 0 Å². The molecule has 0 aliphatic carbocycles. The van der Waals surface area contributed by atoms with Crippen LogP contribution < -0.4 is 9.54 Å². The summed E-state index contributed by atoms with van der Waals surface area (Å²) in [5.74, 6) is 0.217. The summed E-state index contributed by atoms with van der Waals surface area (Å²) in [7, 11) is -3.78. The Hall–Kier alpha value is -3.48. The van der Waals surface area contributed by atoms with E-state index in [0.29, 0.717) is 23.7 Å². The summed E-state index contributed by atoms with van der Waals surface area (Å²) >= 11 is 1.37. The van der Waals surface area contributed by atoms with Crippen molar-refractivity contribution >= 4 is 43.6 Å². The largest absolute Gasteiger partial charge is 0.492 e. The SMILES string of the molecule is C=CCn1c(=NC(=O)c2ccc(S(=O)(=O)N3CCN(C(=O)OCC)CC3)cc2)sc2cccc(OCC)c21. The number of amides is 2. The summed E-state index contributed by atoms with van der Waals surface area (Å²) in [4.78, 5) is 31.3. The average Bonchev–Trinajstić information content (AvgIpc) is 3.27. The molecule has 1 aliphatic rings. The smallest absolute Gasteiger partial charge is 0.409 e. The molecule has 3 aromatic rings. The van der Waals surface area contributed by atoms with Crippen LogP contribution >= 0.6 is 11.3 Å². The molecule has 0 unspecified atom stereocenters. The molecule has 0 bridgehead atoms. The molecule has 1 aliphatic heterocycles. The van der Waals surface area contributed by atoms with Crippen LogP contribution in [0.15, 0.2) is 65.0 Å². The van der Waals surface area contributed by atoms with Crippen LogP contribution in [0.1, 0.15) is 24.2 Å². The number of allylic oxidation sites excluding steroid dienone is 1. The van der Waals surface area contributed by atoms with E-state index < -0.39 is 22.0 Å². The first-order chi connectivity index (χ1) is 18.3. The van der Waals surface area contributed by atoms with Crippen molar-refractivity contribution in [2.75, 3.05) is 39.4 Å². The number of hydrogen-bond acceptors (Lipinski definition) is 7. The van der Waals surface area contributed by atoms with Gasteiger partial charge in [0.25, 0.3) is 5.91 Å². The highest BCUT2D eigenvalue weighted by Gasteiger charge is 2.30. The minimum absolute atomic E-state index is 0.0728. The number of benzene rings is 2. The molecular weight excluding hydrogens is 528 g/mol. The van der Waals surface area contributed by atoms with Crippen LogP contribution in [-0.2, 0) is 21.3 Å². The Labute approximate surface area is 225 Å². The third kappa shape index (κ3) is 5.66. The first-order valence-corrected chi connectivity index (χ1v) is 14.5. The highest BCUT2D eigenvalue weighted by Crippen LogP contribution is 2.28. The van der Waals surface area contributed by atoms with Gasteiger partial charge in [0.15, 0.2) is 4.80 Å². The molecular formula is C26H30N4O6S2. The van der Waals surface area contributed by atoms with Gasteiger partial charge >= 0.3 is 6.09 Å². The molecule has 0 spiro atoms. The Bertz CT molecular complexity index is 1500. The first-order valence-electron chi connectivity index (χ1n) is 12.3. The van der Waals surface area contributed by atoms with Crippen LogP contribution in [0.25, 0.3) is 10.2 Å². The maximum absolute atomic E-state index is 13.1. The minimum Gasteiger partial charge on any atom is -0.492 e. The molecule has 12 heteroatoms. The van der Waals surface area contributed by atoms with Gasteiger partial charge in [-0.05, 0) is 50.2 Å². The van der Waals surface area contributed by atoms with E-state index in [4.69, 9.17) is 9.47 Å². The van der Waals surface area contributed by atoms with Crippen molar-refractivity contribution in [1.29, 1.82) is 0 Å². The van der Waals surface area contributed by atoms with Crippen molar-refractivity contribution in [3.05, 3.63) is 65.5 Å². The van der Waals surface area contributed by atoms with Gasteiger partial charge in [0.2, 0.25) is 10.0 Å². The van der Waals surface area contributed by atoms with Gasteiger partial charge in [-0.25, -0.2) is 13.2 Å². The molecule has 4 rings (SSSR count). The lowest BCUT2D eigenvalue weighted by atomic mass is 10.2. The normalized spacial score (nSPS) is 15.0. The highest BCUT2D eigenvalue weighted by molar-refractivity contribution is 7.89. The van der Waals surface area contributed by atoms with E-state index in [0.717, 1.165) is 10.2 Å². The van der Waals surface area contributed by atoms with Gasteiger partial charge in [-0.1, -0.05) is 23.5 Å². The number of carbonyl (C=O) groups is 2. The van der Waals surface area contributed by atoms with Crippen LogP contribution in [0.5, 0.6) is 5.75 Å².